The Bertz CT molecular complexity index is 481. The Labute approximate surface area is 106 Å². The van der Waals surface area contributed by atoms with E-state index in [1.165, 1.54) is 0 Å². The largest absolute Gasteiger partial charge is 0.342 e. The fourth-order valence-corrected chi connectivity index (χ4v) is 2.48. The molecule has 0 radical (unpaired) electrons. The summed E-state index contributed by atoms with van der Waals surface area (Å²) < 4.78 is 0.915. The van der Waals surface area contributed by atoms with Crippen molar-refractivity contribution in [2.75, 3.05) is 5.88 Å². The van der Waals surface area contributed by atoms with E-state index in [0.29, 0.717) is 10.9 Å². The van der Waals surface area contributed by atoms with Crippen LogP contribution in [0.5, 0.6) is 0 Å². The van der Waals surface area contributed by atoms with E-state index in [-0.39, 0.29) is 0 Å². The molecule has 0 amide bonds. The topological polar surface area (TPSA) is 28.7 Å². The van der Waals surface area contributed by atoms with Gasteiger partial charge < -0.3 is 4.98 Å². The highest BCUT2D eigenvalue weighted by atomic mass is 79.9. The first-order valence-electron chi connectivity index (χ1n) is 4.60. The van der Waals surface area contributed by atoms with E-state index in [1.54, 1.807) is 0 Å². The van der Waals surface area contributed by atoms with Crippen LogP contribution in [0.15, 0.2) is 16.6 Å². The number of aromatic amines is 1. The van der Waals surface area contributed by atoms with Gasteiger partial charge in [-0.15, -0.1) is 11.6 Å². The number of hydrogen-bond acceptors (Lipinski definition) is 1. The van der Waals surface area contributed by atoms with Crippen LogP contribution in [-0.4, -0.2) is 15.8 Å². The van der Waals surface area contributed by atoms with E-state index in [4.69, 9.17) is 23.2 Å². The number of rotatable bonds is 3. The molecule has 2 rings (SSSR count). The molecule has 0 bridgehead atoms. The Morgan fingerprint density at radius 3 is 2.93 bits per heavy atom. The molecular formula is C10H9BrCl2N2. The molecule has 5 heteroatoms. The molecule has 1 heterocycles. The monoisotopic (exact) mass is 306 g/mol. The summed E-state index contributed by atoms with van der Waals surface area (Å²) in [5.74, 6) is 1.60. The smallest absolute Gasteiger partial charge is 0.107 e. The average Bonchev–Trinajstić information content (AvgIpc) is 2.57. The second-order valence-corrected chi connectivity index (χ2v) is 4.93. The average molecular weight is 308 g/mol. The Balaban J connectivity index is 2.41. The van der Waals surface area contributed by atoms with Crippen LogP contribution in [0.2, 0.25) is 5.02 Å². The molecule has 0 saturated heterocycles. The number of aromatic nitrogens is 2. The number of nitrogens with one attached hydrogen (secondary N) is 1. The molecule has 1 aromatic carbocycles. The minimum Gasteiger partial charge on any atom is -0.342 e. The SMILES string of the molecule is ClCCCc1nc2c(Br)cc(Cl)cc2[nH]1. The maximum Gasteiger partial charge on any atom is 0.107 e. The zero-order valence-corrected chi connectivity index (χ0v) is 11.0. The van der Waals surface area contributed by atoms with Gasteiger partial charge in [0.2, 0.25) is 0 Å². The summed E-state index contributed by atoms with van der Waals surface area (Å²) in [6.07, 6.45) is 1.79. The van der Waals surface area contributed by atoms with Crippen molar-refractivity contribution in [3.8, 4) is 0 Å². The van der Waals surface area contributed by atoms with Crippen molar-refractivity contribution in [1.82, 2.24) is 9.97 Å². The van der Waals surface area contributed by atoms with Crippen LogP contribution < -0.4 is 0 Å². The first-order valence-corrected chi connectivity index (χ1v) is 6.31. The van der Waals surface area contributed by atoms with Crippen molar-refractivity contribution in [3.05, 3.63) is 27.5 Å². The Hall–Kier alpha value is -0.250. The van der Waals surface area contributed by atoms with Crippen molar-refractivity contribution >= 4 is 50.2 Å². The molecule has 0 unspecified atom stereocenters. The van der Waals surface area contributed by atoms with Gasteiger partial charge in [-0.25, -0.2) is 4.98 Å². The first-order chi connectivity index (χ1) is 7.20. The first kappa shape index (κ1) is 11.2. The zero-order chi connectivity index (χ0) is 10.8. The number of H-pyrrole nitrogens is 1. The van der Waals surface area contributed by atoms with Crippen LogP contribution in [0.1, 0.15) is 12.2 Å². The van der Waals surface area contributed by atoms with Crippen molar-refractivity contribution in [2.45, 2.75) is 12.8 Å². The third-order valence-electron chi connectivity index (χ3n) is 2.10. The molecule has 0 fully saturated rings. The molecule has 0 saturated carbocycles. The predicted molar refractivity (Wildman–Crippen MR) is 67.8 cm³/mol. The maximum atomic E-state index is 5.94. The summed E-state index contributed by atoms with van der Waals surface area (Å²) in [4.78, 5) is 7.70. The molecule has 0 aliphatic carbocycles. The Morgan fingerprint density at radius 2 is 2.20 bits per heavy atom. The van der Waals surface area contributed by atoms with Crippen molar-refractivity contribution in [1.29, 1.82) is 0 Å². The number of benzene rings is 1. The van der Waals surface area contributed by atoms with Gasteiger partial charge in [0, 0.05) is 21.8 Å². The minimum absolute atomic E-state index is 0.652. The normalized spacial score (nSPS) is 11.1. The van der Waals surface area contributed by atoms with Crippen LogP contribution in [0.3, 0.4) is 0 Å². The standard InChI is InChI=1S/C10H9BrCl2N2/c11-7-4-6(13)5-8-10(7)15-9(14-8)2-1-3-12/h4-5H,1-3H2,(H,14,15). The third kappa shape index (κ3) is 2.47. The van der Waals surface area contributed by atoms with Gasteiger partial charge in [-0.2, -0.15) is 0 Å². The summed E-state index contributed by atoms with van der Waals surface area (Å²) in [6, 6.07) is 3.72. The zero-order valence-electron chi connectivity index (χ0n) is 7.86. The number of aryl methyl sites for hydroxylation is 1. The number of halogens is 3. The van der Waals surface area contributed by atoms with Crippen LogP contribution >= 0.6 is 39.1 Å². The number of fused-ring (bicyclic) bond motifs is 1. The second-order valence-electron chi connectivity index (χ2n) is 3.26. The van der Waals surface area contributed by atoms with Crippen molar-refractivity contribution in [3.63, 3.8) is 0 Å². The van der Waals surface area contributed by atoms with Crippen molar-refractivity contribution in [2.24, 2.45) is 0 Å². The lowest BCUT2D eigenvalue weighted by Crippen LogP contribution is -1.88. The lowest BCUT2D eigenvalue weighted by Gasteiger charge is -1.92. The van der Waals surface area contributed by atoms with Crippen LogP contribution in [0.25, 0.3) is 11.0 Å². The van der Waals surface area contributed by atoms with E-state index in [2.05, 4.69) is 25.9 Å². The molecule has 0 atom stereocenters. The fourth-order valence-electron chi connectivity index (χ4n) is 1.45. The molecule has 15 heavy (non-hydrogen) atoms. The van der Waals surface area contributed by atoms with Gasteiger partial charge in [0.1, 0.15) is 11.3 Å². The highest BCUT2D eigenvalue weighted by molar-refractivity contribution is 9.10. The number of nitrogens with zero attached hydrogens (tertiary/aromatic N) is 1. The summed E-state index contributed by atoms with van der Waals surface area (Å²) in [6.45, 7) is 0. The molecule has 0 spiro atoms. The van der Waals surface area contributed by atoms with Gasteiger partial charge in [0.15, 0.2) is 0 Å². The van der Waals surface area contributed by atoms with Gasteiger partial charge in [0.25, 0.3) is 0 Å². The molecule has 2 aromatic rings. The number of hydrogen-bond donors (Lipinski definition) is 1. The molecular weight excluding hydrogens is 299 g/mol. The maximum absolute atomic E-state index is 5.94. The van der Waals surface area contributed by atoms with E-state index < -0.39 is 0 Å². The quantitative estimate of drug-likeness (QED) is 0.848. The van der Waals surface area contributed by atoms with E-state index >= 15 is 0 Å². The van der Waals surface area contributed by atoms with Crippen LogP contribution in [-0.2, 0) is 6.42 Å². The molecule has 0 aliphatic heterocycles. The lowest BCUT2D eigenvalue weighted by molar-refractivity contribution is 0.866. The molecule has 1 aromatic heterocycles. The van der Waals surface area contributed by atoms with Gasteiger partial charge in [-0.3, -0.25) is 0 Å². The predicted octanol–water partition coefficient (Wildman–Crippen LogP) is 4.15. The molecule has 80 valence electrons. The molecule has 0 aliphatic rings. The molecule has 2 nitrogen and oxygen atoms in total. The summed E-state index contributed by atoms with van der Waals surface area (Å²) in [7, 11) is 0. The van der Waals surface area contributed by atoms with Gasteiger partial charge >= 0.3 is 0 Å². The highest BCUT2D eigenvalue weighted by Gasteiger charge is 2.07. The minimum atomic E-state index is 0.652. The summed E-state index contributed by atoms with van der Waals surface area (Å²) in [5, 5.41) is 0.696. The Morgan fingerprint density at radius 1 is 1.40 bits per heavy atom. The second kappa shape index (κ2) is 4.73. The number of imidazole rings is 1. The van der Waals surface area contributed by atoms with Gasteiger partial charge in [-0.05, 0) is 34.5 Å². The number of alkyl halides is 1. The van der Waals surface area contributed by atoms with E-state index in [0.717, 1.165) is 34.2 Å². The van der Waals surface area contributed by atoms with Gasteiger partial charge in [0.05, 0.1) is 5.52 Å². The van der Waals surface area contributed by atoms with Crippen LogP contribution in [0, 0.1) is 0 Å². The summed E-state index contributed by atoms with van der Waals surface area (Å²) in [5.41, 5.74) is 1.88. The Kier molecular flexibility index (Phi) is 3.54. The van der Waals surface area contributed by atoms with Gasteiger partial charge in [-0.1, -0.05) is 11.6 Å². The van der Waals surface area contributed by atoms with Crippen molar-refractivity contribution < 1.29 is 0 Å². The van der Waals surface area contributed by atoms with E-state index in [9.17, 15) is 0 Å². The van der Waals surface area contributed by atoms with E-state index in [1.807, 2.05) is 12.1 Å². The van der Waals surface area contributed by atoms with Crippen LogP contribution in [0.4, 0.5) is 0 Å². The third-order valence-corrected chi connectivity index (χ3v) is 3.19. The lowest BCUT2D eigenvalue weighted by atomic mass is 10.3. The fraction of sp³-hybridized carbons (Fsp3) is 0.300. The highest BCUT2D eigenvalue weighted by Crippen LogP contribution is 2.26. The summed E-state index contributed by atoms with van der Waals surface area (Å²) >= 11 is 15.0. The molecule has 1 N–H and O–H groups in total.